The van der Waals surface area contributed by atoms with E-state index in [0.717, 1.165) is 33.2 Å². The smallest absolute Gasteiger partial charge is 0.306 e. The van der Waals surface area contributed by atoms with Crippen LogP contribution in [0.4, 0.5) is 11.4 Å². The van der Waals surface area contributed by atoms with Crippen molar-refractivity contribution in [1.29, 1.82) is 0 Å². The number of hydrogen-bond acceptors (Lipinski definition) is 6. The molecule has 0 saturated carbocycles. The van der Waals surface area contributed by atoms with E-state index in [4.69, 9.17) is 4.74 Å². The highest BCUT2D eigenvalue weighted by Crippen LogP contribution is 2.45. The first-order chi connectivity index (χ1) is 15.5. The normalized spacial score (nSPS) is 19.3. The summed E-state index contributed by atoms with van der Waals surface area (Å²) in [6, 6.07) is 14.0. The van der Waals surface area contributed by atoms with Gasteiger partial charge in [-0.25, -0.2) is 12.7 Å². The Hall–Kier alpha value is -2.03. The summed E-state index contributed by atoms with van der Waals surface area (Å²) in [4.78, 5) is 14.3. The lowest BCUT2D eigenvalue weighted by Gasteiger charge is -2.25. The van der Waals surface area contributed by atoms with Gasteiger partial charge in [-0.3, -0.25) is 4.79 Å². The van der Waals surface area contributed by atoms with Gasteiger partial charge in [0.1, 0.15) is 5.60 Å². The number of benzene rings is 2. The van der Waals surface area contributed by atoms with Crippen LogP contribution in [0.3, 0.4) is 0 Å². The maximum atomic E-state index is 13.4. The molecule has 0 bridgehead atoms. The summed E-state index contributed by atoms with van der Waals surface area (Å²) in [6.45, 7) is 8.27. The van der Waals surface area contributed by atoms with Crippen molar-refractivity contribution in [3.63, 3.8) is 0 Å². The van der Waals surface area contributed by atoms with Crippen molar-refractivity contribution in [1.82, 2.24) is 4.31 Å². The number of carbonyl (C=O) groups excluding carboxylic acids is 1. The summed E-state index contributed by atoms with van der Waals surface area (Å²) < 4.78 is 33.7. The Balaban J connectivity index is 1.40. The first-order valence-corrected chi connectivity index (χ1v) is 13.7. The van der Waals surface area contributed by atoms with Crippen molar-refractivity contribution in [2.75, 3.05) is 18.4 Å². The standard InChI is InChI=1S/C25H32N2O4S2/c1-17(19-10-11-23-21(15-19)26-20-7-5-6-8-22(20)32-23)33(29,30)27-14-13-18(16-27)9-12-24(28)31-25(2,3)4/h5-8,10-11,15,17-18,26H,9,12-14,16H2,1-4H3/t17?,18-/m0/s1. The van der Waals surface area contributed by atoms with Crippen molar-refractivity contribution >= 4 is 39.1 Å². The van der Waals surface area contributed by atoms with Crippen LogP contribution in [0.1, 0.15) is 57.8 Å². The van der Waals surface area contributed by atoms with Gasteiger partial charge >= 0.3 is 5.97 Å². The number of para-hydroxylation sites is 1. The molecule has 6 nitrogen and oxygen atoms in total. The number of hydrogen-bond donors (Lipinski definition) is 1. The molecule has 4 rings (SSSR count). The number of fused-ring (bicyclic) bond motifs is 2. The van der Waals surface area contributed by atoms with E-state index in [1.807, 2.05) is 57.2 Å². The van der Waals surface area contributed by atoms with Crippen LogP contribution in [0.15, 0.2) is 52.3 Å². The van der Waals surface area contributed by atoms with E-state index in [9.17, 15) is 13.2 Å². The number of esters is 1. The number of rotatable bonds is 6. The second-order valence-corrected chi connectivity index (χ2v) is 13.1. The number of nitrogens with one attached hydrogen (secondary N) is 1. The highest BCUT2D eigenvalue weighted by atomic mass is 32.2. The van der Waals surface area contributed by atoms with Gasteiger partial charge in [0.25, 0.3) is 0 Å². The molecule has 33 heavy (non-hydrogen) atoms. The van der Waals surface area contributed by atoms with Gasteiger partial charge < -0.3 is 10.1 Å². The van der Waals surface area contributed by atoms with E-state index in [1.165, 1.54) is 0 Å². The molecule has 2 aromatic rings. The van der Waals surface area contributed by atoms with Gasteiger partial charge in [-0.15, -0.1) is 0 Å². The van der Waals surface area contributed by atoms with Crippen LogP contribution in [0.25, 0.3) is 0 Å². The Morgan fingerprint density at radius 3 is 2.67 bits per heavy atom. The Labute approximate surface area is 201 Å². The second-order valence-electron chi connectivity index (χ2n) is 9.80. The molecule has 8 heteroatoms. The van der Waals surface area contributed by atoms with E-state index in [0.29, 0.717) is 25.9 Å². The third-order valence-electron chi connectivity index (χ3n) is 6.08. The average Bonchev–Trinajstić information content (AvgIpc) is 3.24. The van der Waals surface area contributed by atoms with Gasteiger partial charge in [0, 0.05) is 29.3 Å². The third kappa shape index (κ3) is 5.55. The Morgan fingerprint density at radius 2 is 1.91 bits per heavy atom. The highest BCUT2D eigenvalue weighted by Gasteiger charge is 2.36. The van der Waals surface area contributed by atoms with Crippen molar-refractivity contribution < 1.29 is 17.9 Å². The Bertz CT molecular complexity index is 1140. The lowest BCUT2D eigenvalue weighted by atomic mass is 10.0. The molecular formula is C25H32N2O4S2. The first kappa shape index (κ1) is 24.1. The summed E-state index contributed by atoms with van der Waals surface area (Å²) in [6.07, 6.45) is 1.74. The lowest BCUT2D eigenvalue weighted by molar-refractivity contribution is -0.155. The molecule has 2 aliphatic heterocycles. The first-order valence-electron chi connectivity index (χ1n) is 11.4. The predicted molar refractivity (Wildman–Crippen MR) is 132 cm³/mol. The minimum atomic E-state index is -3.50. The molecule has 178 valence electrons. The van der Waals surface area contributed by atoms with Gasteiger partial charge in [0.2, 0.25) is 10.0 Å². The lowest BCUT2D eigenvalue weighted by Crippen LogP contribution is -2.32. The van der Waals surface area contributed by atoms with Crippen molar-refractivity contribution in [3.05, 3.63) is 48.0 Å². The van der Waals surface area contributed by atoms with Crippen LogP contribution in [-0.4, -0.2) is 37.4 Å². The summed E-state index contributed by atoms with van der Waals surface area (Å²) in [5.41, 5.74) is 2.25. The molecule has 2 aromatic carbocycles. The zero-order valence-electron chi connectivity index (χ0n) is 19.6. The number of ether oxygens (including phenoxy) is 1. The molecule has 2 atom stereocenters. The van der Waals surface area contributed by atoms with Crippen LogP contribution >= 0.6 is 11.8 Å². The monoisotopic (exact) mass is 488 g/mol. The maximum Gasteiger partial charge on any atom is 0.306 e. The Morgan fingerprint density at radius 1 is 1.18 bits per heavy atom. The maximum absolute atomic E-state index is 13.4. The molecule has 0 spiro atoms. The van der Waals surface area contributed by atoms with E-state index in [2.05, 4.69) is 11.4 Å². The fourth-order valence-corrected chi connectivity index (χ4v) is 6.97. The fraction of sp³-hybridized carbons (Fsp3) is 0.480. The van der Waals surface area contributed by atoms with Crippen LogP contribution < -0.4 is 5.32 Å². The van der Waals surface area contributed by atoms with Gasteiger partial charge in [-0.05, 0) is 76.3 Å². The fourth-order valence-electron chi connectivity index (χ4n) is 4.28. The van der Waals surface area contributed by atoms with Crippen molar-refractivity contribution in [2.24, 2.45) is 5.92 Å². The second kappa shape index (κ2) is 9.31. The molecular weight excluding hydrogens is 456 g/mol. The van der Waals surface area contributed by atoms with Gasteiger partial charge in [0.05, 0.1) is 16.6 Å². The number of carbonyl (C=O) groups is 1. The van der Waals surface area contributed by atoms with Crippen LogP contribution in [0.2, 0.25) is 0 Å². The van der Waals surface area contributed by atoms with Crippen molar-refractivity contribution in [2.45, 2.75) is 67.6 Å². The number of nitrogens with zero attached hydrogens (tertiary/aromatic N) is 1. The number of anilines is 2. The quantitative estimate of drug-likeness (QED) is 0.447. The minimum Gasteiger partial charge on any atom is -0.460 e. The van der Waals surface area contributed by atoms with E-state index >= 15 is 0 Å². The predicted octanol–water partition coefficient (Wildman–Crippen LogP) is 5.73. The molecule has 1 N–H and O–H groups in total. The molecule has 2 aliphatic rings. The zero-order chi connectivity index (χ0) is 23.8. The summed E-state index contributed by atoms with van der Waals surface area (Å²) in [5, 5.41) is 2.79. The van der Waals surface area contributed by atoms with Crippen LogP contribution in [0, 0.1) is 5.92 Å². The summed E-state index contributed by atoms with van der Waals surface area (Å²) in [5.74, 6) is -0.0456. The Kier molecular flexibility index (Phi) is 6.80. The van der Waals surface area contributed by atoms with Gasteiger partial charge in [-0.2, -0.15) is 0 Å². The van der Waals surface area contributed by atoms with E-state index < -0.39 is 20.9 Å². The largest absolute Gasteiger partial charge is 0.460 e. The van der Waals surface area contributed by atoms with E-state index in [1.54, 1.807) is 23.0 Å². The molecule has 0 aliphatic carbocycles. The molecule has 1 saturated heterocycles. The van der Waals surface area contributed by atoms with E-state index in [-0.39, 0.29) is 11.9 Å². The molecule has 1 fully saturated rings. The molecule has 1 unspecified atom stereocenters. The molecule has 0 amide bonds. The summed E-state index contributed by atoms with van der Waals surface area (Å²) >= 11 is 1.69. The summed E-state index contributed by atoms with van der Waals surface area (Å²) in [7, 11) is -3.50. The van der Waals surface area contributed by atoms with Crippen LogP contribution in [0.5, 0.6) is 0 Å². The highest BCUT2D eigenvalue weighted by molar-refractivity contribution is 7.99. The number of sulfonamides is 1. The van der Waals surface area contributed by atoms with Crippen molar-refractivity contribution in [3.8, 4) is 0 Å². The average molecular weight is 489 g/mol. The van der Waals surface area contributed by atoms with Gasteiger partial charge in [0.15, 0.2) is 0 Å². The molecule has 0 radical (unpaired) electrons. The zero-order valence-corrected chi connectivity index (χ0v) is 21.3. The van der Waals surface area contributed by atoms with Crippen LogP contribution in [-0.2, 0) is 19.6 Å². The molecule has 0 aromatic heterocycles. The third-order valence-corrected chi connectivity index (χ3v) is 9.45. The van der Waals surface area contributed by atoms with Gasteiger partial charge in [-0.1, -0.05) is 30.0 Å². The SMILES string of the molecule is CC(c1ccc2c(c1)Nc1ccccc1S2)S(=O)(=O)N1CC[C@H](CCC(=O)OC(C)(C)C)C1. The minimum absolute atomic E-state index is 0.178. The molecule has 2 heterocycles. The topological polar surface area (TPSA) is 75.7 Å².